The summed E-state index contributed by atoms with van der Waals surface area (Å²) in [6, 6.07) is 9.13. The Morgan fingerprint density at radius 3 is 2.42 bits per heavy atom. The summed E-state index contributed by atoms with van der Waals surface area (Å²) in [4.78, 5) is 27.8. The summed E-state index contributed by atoms with van der Waals surface area (Å²) in [5.41, 5.74) is 1.13. The molecule has 0 aliphatic carbocycles. The first-order chi connectivity index (χ1) is 17.9. The lowest BCUT2D eigenvalue weighted by molar-refractivity contribution is -0.140. The van der Waals surface area contributed by atoms with Crippen molar-refractivity contribution in [3.05, 3.63) is 52.0 Å². The molecule has 0 aromatic heterocycles. The first-order valence-corrected chi connectivity index (χ1v) is 14.9. The Hall–Kier alpha value is -2.69. The van der Waals surface area contributed by atoms with Crippen LogP contribution in [0.1, 0.15) is 45.6 Å². The molecule has 208 valence electrons. The fourth-order valence-electron chi connectivity index (χ4n) is 3.93. The second kappa shape index (κ2) is 12.9. The summed E-state index contributed by atoms with van der Waals surface area (Å²) in [5.74, 6) is 0.439. The number of sulfonamides is 1. The Kier molecular flexibility index (Phi) is 10.1. The van der Waals surface area contributed by atoms with E-state index in [2.05, 4.69) is 5.32 Å². The smallest absolute Gasteiger partial charge is 0.242 e. The monoisotopic (exact) mass is 585 g/mol. The van der Waals surface area contributed by atoms with Crippen LogP contribution in [0.5, 0.6) is 11.5 Å². The average Bonchev–Trinajstić information content (AvgIpc) is 3.33. The third kappa shape index (κ3) is 7.68. The molecule has 2 atom stereocenters. The first kappa shape index (κ1) is 29.9. The van der Waals surface area contributed by atoms with Gasteiger partial charge in [-0.15, -0.1) is 0 Å². The highest BCUT2D eigenvalue weighted by Crippen LogP contribution is 2.36. The predicted molar refractivity (Wildman–Crippen MR) is 148 cm³/mol. The Bertz CT molecular complexity index is 1270. The van der Waals surface area contributed by atoms with E-state index in [9.17, 15) is 18.0 Å². The van der Waals surface area contributed by atoms with Crippen molar-refractivity contribution < 1.29 is 27.5 Å². The number of amides is 2. The van der Waals surface area contributed by atoms with E-state index in [-0.39, 0.29) is 50.6 Å². The van der Waals surface area contributed by atoms with Crippen molar-refractivity contribution in [3.8, 4) is 11.5 Å². The standard InChI is InChI=1S/C26H33Cl2N3O6S/c1-5-17(2)29-26(33)18(3)30(15-19-8-10-21(27)22(28)13-19)25(32)7-6-12-31(38(4,34)35)20-9-11-23-24(14-20)37-16-36-23/h8-11,13-14,17-18H,5-7,12,15-16H2,1-4H3,(H,29,33)/t17-,18-/m0/s1. The van der Waals surface area contributed by atoms with Crippen molar-refractivity contribution in [3.63, 3.8) is 0 Å². The Morgan fingerprint density at radius 2 is 1.76 bits per heavy atom. The summed E-state index contributed by atoms with van der Waals surface area (Å²) in [6.07, 6.45) is 2.12. The minimum absolute atomic E-state index is 0.0266. The Morgan fingerprint density at radius 1 is 1.05 bits per heavy atom. The van der Waals surface area contributed by atoms with E-state index in [0.29, 0.717) is 32.8 Å². The third-order valence-electron chi connectivity index (χ3n) is 6.30. The number of carbonyl (C=O) groups excluding carboxylic acids is 2. The molecule has 9 nitrogen and oxygen atoms in total. The fourth-order valence-corrected chi connectivity index (χ4v) is 5.21. The topological polar surface area (TPSA) is 105 Å². The lowest BCUT2D eigenvalue weighted by atomic mass is 10.1. The highest BCUT2D eigenvalue weighted by atomic mass is 35.5. The average molecular weight is 587 g/mol. The second-order valence-corrected chi connectivity index (χ2v) is 12.0. The molecule has 0 radical (unpaired) electrons. The molecule has 2 aromatic rings. The van der Waals surface area contributed by atoms with Gasteiger partial charge in [0.25, 0.3) is 0 Å². The van der Waals surface area contributed by atoms with Crippen LogP contribution in [-0.4, -0.2) is 56.8 Å². The van der Waals surface area contributed by atoms with Gasteiger partial charge in [-0.2, -0.15) is 0 Å². The zero-order chi connectivity index (χ0) is 28.0. The van der Waals surface area contributed by atoms with Crippen molar-refractivity contribution in [2.75, 3.05) is 23.9 Å². The maximum absolute atomic E-state index is 13.4. The van der Waals surface area contributed by atoms with Gasteiger partial charge in [0.15, 0.2) is 11.5 Å². The van der Waals surface area contributed by atoms with Crippen molar-refractivity contribution >= 4 is 50.7 Å². The number of anilines is 1. The molecule has 0 bridgehead atoms. The normalized spacial score (nSPS) is 14.1. The van der Waals surface area contributed by atoms with Crippen LogP contribution in [0.25, 0.3) is 0 Å². The van der Waals surface area contributed by atoms with Crippen LogP contribution >= 0.6 is 23.2 Å². The number of ether oxygens (including phenoxy) is 2. The van der Waals surface area contributed by atoms with Gasteiger partial charge in [-0.3, -0.25) is 13.9 Å². The number of halogens is 2. The minimum atomic E-state index is -3.64. The summed E-state index contributed by atoms with van der Waals surface area (Å²) in [5, 5.41) is 3.65. The number of fused-ring (bicyclic) bond motifs is 1. The molecule has 12 heteroatoms. The summed E-state index contributed by atoms with van der Waals surface area (Å²) >= 11 is 12.2. The molecule has 1 N–H and O–H groups in total. The molecule has 0 fully saturated rings. The van der Waals surface area contributed by atoms with Crippen LogP contribution in [0.3, 0.4) is 0 Å². The molecule has 1 aliphatic rings. The minimum Gasteiger partial charge on any atom is -0.454 e. The maximum Gasteiger partial charge on any atom is 0.242 e. The fraction of sp³-hybridized carbons (Fsp3) is 0.462. The van der Waals surface area contributed by atoms with Gasteiger partial charge in [0.05, 0.1) is 22.0 Å². The molecule has 1 aliphatic heterocycles. The van der Waals surface area contributed by atoms with Gasteiger partial charge in [0, 0.05) is 31.6 Å². The number of hydrogen-bond acceptors (Lipinski definition) is 6. The molecule has 0 saturated heterocycles. The molecule has 0 unspecified atom stereocenters. The Balaban J connectivity index is 1.75. The number of carbonyl (C=O) groups is 2. The second-order valence-electron chi connectivity index (χ2n) is 9.24. The number of rotatable bonds is 12. The molecule has 3 rings (SSSR count). The van der Waals surface area contributed by atoms with Crippen LogP contribution in [-0.2, 0) is 26.2 Å². The van der Waals surface area contributed by atoms with Crippen LogP contribution in [0.2, 0.25) is 10.0 Å². The largest absolute Gasteiger partial charge is 0.454 e. The lowest BCUT2D eigenvalue weighted by Crippen LogP contribution is -2.49. The zero-order valence-electron chi connectivity index (χ0n) is 21.9. The number of nitrogens with one attached hydrogen (secondary N) is 1. The van der Waals surface area contributed by atoms with Gasteiger partial charge >= 0.3 is 0 Å². The van der Waals surface area contributed by atoms with Gasteiger partial charge in [-0.1, -0.05) is 36.2 Å². The molecule has 2 aromatic carbocycles. The first-order valence-electron chi connectivity index (χ1n) is 12.3. The van der Waals surface area contributed by atoms with Crippen molar-refractivity contribution in [2.45, 2.75) is 58.7 Å². The highest BCUT2D eigenvalue weighted by molar-refractivity contribution is 7.92. The van der Waals surface area contributed by atoms with Gasteiger partial charge in [0.2, 0.25) is 28.6 Å². The molecular weight excluding hydrogens is 553 g/mol. The summed E-state index contributed by atoms with van der Waals surface area (Å²) in [6.45, 7) is 5.81. The number of benzene rings is 2. The van der Waals surface area contributed by atoms with E-state index in [1.165, 1.54) is 9.21 Å². The maximum atomic E-state index is 13.4. The van der Waals surface area contributed by atoms with Gasteiger partial charge < -0.3 is 19.7 Å². The van der Waals surface area contributed by atoms with Gasteiger partial charge in [0.1, 0.15) is 6.04 Å². The SMILES string of the molecule is CC[C@H](C)NC(=O)[C@H](C)N(Cc1ccc(Cl)c(Cl)c1)C(=O)CCCN(c1ccc2c(c1)OCO2)S(C)(=O)=O. The molecule has 38 heavy (non-hydrogen) atoms. The highest BCUT2D eigenvalue weighted by Gasteiger charge is 2.28. The van der Waals surface area contributed by atoms with Gasteiger partial charge in [-0.25, -0.2) is 8.42 Å². The molecule has 2 amide bonds. The predicted octanol–water partition coefficient (Wildman–Crippen LogP) is 4.60. The Labute approximate surface area is 234 Å². The van der Waals surface area contributed by atoms with E-state index in [0.717, 1.165) is 12.7 Å². The van der Waals surface area contributed by atoms with Gasteiger partial charge in [-0.05, 0) is 56.5 Å². The number of nitrogens with zero attached hydrogens (tertiary/aromatic N) is 2. The molecule has 0 spiro atoms. The van der Waals surface area contributed by atoms with Crippen molar-refractivity contribution in [2.24, 2.45) is 0 Å². The summed E-state index contributed by atoms with van der Waals surface area (Å²) in [7, 11) is -3.64. The van der Waals surface area contributed by atoms with E-state index >= 15 is 0 Å². The van der Waals surface area contributed by atoms with E-state index < -0.39 is 16.1 Å². The quantitative estimate of drug-likeness (QED) is 0.390. The van der Waals surface area contributed by atoms with E-state index in [1.54, 1.807) is 43.3 Å². The zero-order valence-corrected chi connectivity index (χ0v) is 24.2. The van der Waals surface area contributed by atoms with Crippen molar-refractivity contribution in [1.29, 1.82) is 0 Å². The van der Waals surface area contributed by atoms with Crippen LogP contribution < -0.4 is 19.1 Å². The van der Waals surface area contributed by atoms with Crippen LogP contribution in [0.4, 0.5) is 5.69 Å². The van der Waals surface area contributed by atoms with Crippen LogP contribution in [0, 0.1) is 0 Å². The third-order valence-corrected chi connectivity index (χ3v) is 8.23. The van der Waals surface area contributed by atoms with Crippen LogP contribution in [0.15, 0.2) is 36.4 Å². The molecule has 1 heterocycles. The van der Waals surface area contributed by atoms with E-state index in [1.807, 2.05) is 13.8 Å². The van der Waals surface area contributed by atoms with Crippen molar-refractivity contribution in [1.82, 2.24) is 10.2 Å². The molecule has 0 saturated carbocycles. The lowest BCUT2D eigenvalue weighted by Gasteiger charge is -2.30. The molecular formula is C26H33Cl2N3O6S. The summed E-state index contributed by atoms with van der Waals surface area (Å²) < 4.78 is 37.0. The number of hydrogen-bond donors (Lipinski definition) is 1. The van der Waals surface area contributed by atoms with E-state index in [4.69, 9.17) is 32.7 Å².